The summed E-state index contributed by atoms with van der Waals surface area (Å²) in [4.78, 5) is 0. The quantitative estimate of drug-likeness (QED) is 0.513. The first-order valence-electron chi connectivity index (χ1n) is 7.98. The van der Waals surface area contributed by atoms with Gasteiger partial charge in [-0.3, -0.25) is 4.58 Å². The van der Waals surface area contributed by atoms with Crippen LogP contribution in [0.2, 0.25) is 0 Å². The summed E-state index contributed by atoms with van der Waals surface area (Å²) in [6.45, 7) is 10.8. The summed E-state index contributed by atoms with van der Waals surface area (Å²) in [5.74, 6) is 0. The lowest BCUT2D eigenvalue weighted by molar-refractivity contribution is -0.418. The molecule has 0 amide bonds. The molecular weight excluding hydrogens is 278 g/mol. The third-order valence-electron chi connectivity index (χ3n) is 4.17. The highest BCUT2D eigenvalue weighted by Gasteiger charge is 2.22. The zero-order chi connectivity index (χ0) is 16.4. The Morgan fingerprint density at radius 3 is 2.30 bits per heavy atom. The average Bonchev–Trinajstić information content (AvgIpc) is 2.55. The van der Waals surface area contributed by atoms with Gasteiger partial charge in [0.05, 0.1) is 6.72 Å². The van der Waals surface area contributed by atoms with Gasteiger partial charge < -0.3 is 0 Å². The van der Waals surface area contributed by atoms with Crippen molar-refractivity contribution >= 4 is 6.72 Å². The second-order valence-electron chi connectivity index (χ2n) is 6.97. The summed E-state index contributed by atoms with van der Waals surface area (Å²) < 4.78 is 1.94. The first kappa shape index (κ1) is 15.4. The first-order chi connectivity index (χ1) is 10.9. The van der Waals surface area contributed by atoms with Crippen molar-refractivity contribution in [3.05, 3.63) is 90.1 Å². The summed E-state index contributed by atoms with van der Waals surface area (Å²) in [6.07, 6.45) is 6.44. The molecule has 0 atom stereocenters. The predicted molar refractivity (Wildman–Crippen MR) is 98.3 cm³/mol. The van der Waals surface area contributed by atoms with Gasteiger partial charge in [-0.2, -0.15) is 0 Å². The van der Waals surface area contributed by atoms with E-state index in [1.165, 1.54) is 22.3 Å². The van der Waals surface area contributed by atoms with Crippen LogP contribution in [0.25, 0.3) is 11.1 Å². The molecule has 0 saturated heterocycles. The number of allylic oxidation sites excluding steroid dienone is 2. The highest BCUT2D eigenvalue weighted by molar-refractivity contribution is 5.65. The Balaban J connectivity index is 2.00. The van der Waals surface area contributed by atoms with E-state index >= 15 is 0 Å². The fourth-order valence-electron chi connectivity index (χ4n) is 2.73. The third kappa shape index (κ3) is 3.29. The van der Waals surface area contributed by atoms with Crippen molar-refractivity contribution in [2.45, 2.75) is 20.8 Å². The van der Waals surface area contributed by atoms with E-state index in [-0.39, 0.29) is 5.41 Å². The summed E-state index contributed by atoms with van der Waals surface area (Å²) in [6, 6.07) is 20.3. The molecule has 0 aliphatic carbocycles. The van der Waals surface area contributed by atoms with Crippen LogP contribution < -0.4 is 0 Å². The number of hydrogen-bond acceptors (Lipinski definition) is 0. The normalized spacial score (nSPS) is 14.8. The first-order valence-corrected chi connectivity index (χ1v) is 7.98. The van der Waals surface area contributed by atoms with E-state index in [0.717, 1.165) is 6.04 Å². The van der Waals surface area contributed by atoms with Gasteiger partial charge in [0.1, 0.15) is 12.2 Å². The average molecular weight is 301 g/mol. The molecule has 2 aromatic rings. The van der Waals surface area contributed by atoms with Crippen molar-refractivity contribution in [3.8, 4) is 11.1 Å². The van der Waals surface area contributed by atoms with E-state index in [1.54, 1.807) is 0 Å². The molecule has 2 aromatic carbocycles. The lowest BCUT2D eigenvalue weighted by Crippen LogP contribution is -2.19. The number of hydrogen-bond donors (Lipinski definition) is 0. The van der Waals surface area contributed by atoms with E-state index < -0.39 is 0 Å². The molecule has 0 fully saturated rings. The van der Waals surface area contributed by atoms with Crippen LogP contribution in [0.4, 0.5) is 0 Å². The molecule has 1 nitrogen and oxygen atoms in total. The Kier molecular flexibility index (Phi) is 3.96. The van der Waals surface area contributed by atoms with Crippen molar-refractivity contribution in [1.29, 1.82) is 0 Å². The smallest absolute Gasteiger partial charge is 0.147 e. The maximum atomic E-state index is 4.14. The Morgan fingerprint density at radius 1 is 0.913 bits per heavy atom. The van der Waals surface area contributed by atoms with Crippen LogP contribution in [0.1, 0.15) is 26.3 Å². The van der Waals surface area contributed by atoms with E-state index in [4.69, 9.17) is 0 Å². The molecule has 116 valence electrons. The minimum absolute atomic E-state index is 0.125. The Bertz CT molecular complexity index is 773. The molecule has 0 radical (unpaired) electrons. The van der Waals surface area contributed by atoms with Gasteiger partial charge in [-0.15, -0.1) is 6.07 Å². The maximum Gasteiger partial charge on any atom is 0.147 e. The number of rotatable bonds is 2. The van der Waals surface area contributed by atoms with Crippen molar-refractivity contribution < 1.29 is 4.58 Å². The molecular formula is C22H23N. The minimum Gasteiger partial charge on any atom is -0.255 e. The second-order valence-corrected chi connectivity index (χ2v) is 6.97. The van der Waals surface area contributed by atoms with E-state index in [1.807, 2.05) is 16.8 Å². The molecule has 0 unspecified atom stereocenters. The van der Waals surface area contributed by atoms with Crippen molar-refractivity contribution in [2.24, 2.45) is 5.41 Å². The van der Waals surface area contributed by atoms with Gasteiger partial charge in [0.25, 0.3) is 0 Å². The lowest BCUT2D eigenvalue weighted by Gasteiger charge is -2.28. The van der Waals surface area contributed by atoms with Crippen LogP contribution in [0.3, 0.4) is 0 Å². The highest BCUT2D eigenvalue weighted by atomic mass is 15.0. The molecule has 23 heavy (non-hydrogen) atoms. The van der Waals surface area contributed by atoms with Crippen molar-refractivity contribution in [1.82, 2.24) is 0 Å². The summed E-state index contributed by atoms with van der Waals surface area (Å²) >= 11 is 0. The molecule has 0 bridgehead atoms. The molecule has 0 saturated carbocycles. The zero-order valence-electron chi connectivity index (χ0n) is 14.1. The fraction of sp³-hybridized carbons (Fsp3) is 0.182. The van der Waals surface area contributed by atoms with Gasteiger partial charge in [0.2, 0.25) is 0 Å². The molecule has 1 heterocycles. The van der Waals surface area contributed by atoms with E-state index in [0.29, 0.717) is 0 Å². The van der Waals surface area contributed by atoms with Crippen LogP contribution >= 0.6 is 0 Å². The molecule has 1 aliphatic heterocycles. The Morgan fingerprint density at radius 2 is 1.61 bits per heavy atom. The van der Waals surface area contributed by atoms with Gasteiger partial charge in [-0.05, 0) is 28.2 Å². The summed E-state index contributed by atoms with van der Waals surface area (Å²) in [5, 5.41) is 0. The fourth-order valence-corrected chi connectivity index (χ4v) is 2.73. The number of nitrogens with zero attached hydrogens (tertiary/aromatic N) is 1. The SMILES string of the molecule is C=[N+]1C=CC(C(C)(C)C)=C[C-]1c1cccc(-c2ccccc2)c1. The van der Waals surface area contributed by atoms with Gasteiger partial charge in [0.15, 0.2) is 0 Å². The zero-order valence-corrected chi connectivity index (χ0v) is 14.1. The maximum absolute atomic E-state index is 4.14. The van der Waals surface area contributed by atoms with Gasteiger partial charge >= 0.3 is 0 Å². The van der Waals surface area contributed by atoms with Gasteiger partial charge in [-0.1, -0.05) is 81.0 Å². The monoisotopic (exact) mass is 301 g/mol. The molecule has 1 heteroatoms. The molecule has 1 aliphatic rings. The lowest BCUT2D eigenvalue weighted by atomic mass is 9.83. The third-order valence-corrected chi connectivity index (χ3v) is 4.17. The predicted octanol–water partition coefficient (Wildman–Crippen LogP) is 5.45. The van der Waals surface area contributed by atoms with Crippen LogP contribution in [0.5, 0.6) is 0 Å². The van der Waals surface area contributed by atoms with Crippen LogP contribution in [-0.4, -0.2) is 11.3 Å². The molecule has 3 rings (SSSR count). The second kappa shape index (κ2) is 5.92. The summed E-state index contributed by atoms with van der Waals surface area (Å²) in [5.41, 5.74) is 5.09. The molecule has 0 aromatic heterocycles. The van der Waals surface area contributed by atoms with Crippen molar-refractivity contribution in [2.75, 3.05) is 0 Å². The Labute approximate surface area is 139 Å². The highest BCUT2D eigenvalue weighted by Crippen LogP contribution is 2.34. The van der Waals surface area contributed by atoms with Crippen LogP contribution in [0.15, 0.2) is 78.5 Å². The Hall–Kier alpha value is -2.54. The largest absolute Gasteiger partial charge is 0.255 e. The van der Waals surface area contributed by atoms with Crippen LogP contribution in [-0.2, 0) is 0 Å². The van der Waals surface area contributed by atoms with Crippen LogP contribution in [0, 0.1) is 11.5 Å². The van der Waals surface area contributed by atoms with E-state index in [2.05, 4.69) is 88.2 Å². The van der Waals surface area contributed by atoms with Gasteiger partial charge in [0, 0.05) is 0 Å². The topological polar surface area (TPSA) is 3.01 Å². The van der Waals surface area contributed by atoms with Gasteiger partial charge in [-0.25, -0.2) is 0 Å². The number of benzene rings is 2. The minimum atomic E-state index is 0.125. The standard InChI is InChI=1S/C22H23N/c1-22(2,3)20-13-14-23(4)21(16-20)19-12-8-11-18(15-19)17-9-6-5-7-10-17/h5-16H,4H2,1-3H3. The molecule has 0 N–H and O–H groups in total. The molecule has 0 spiro atoms. The van der Waals surface area contributed by atoms with E-state index in [9.17, 15) is 0 Å². The van der Waals surface area contributed by atoms with Crippen molar-refractivity contribution in [3.63, 3.8) is 0 Å². The summed E-state index contributed by atoms with van der Waals surface area (Å²) in [7, 11) is 0.